The molecule has 0 aliphatic carbocycles. The molecular formula is C24H32N4O2S. The Morgan fingerprint density at radius 1 is 1.10 bits per heavy atom. The quantitative estimate of drug-likeness (QED) is 0.792. The average Bonchev–Trinajstić information content (AvgIpc) is 3.55. The lowest BCUT2D eigenvalue weighted by molar-refractivity contribution is 0.0795. The summed E-state index contributed by atoms with van der Waals surface area (Å²) in [6.45, 7) is 9.60. The number of hydrogen-bond donors (Lipinski definition) is 1. The molecule has 0 radical (unpaired) electrons. The smallest absolute Gasteiger partial charge is 0.264 e. The number of amides is 1. The van der Waals surface area contributed by atoms with Gasteiger partial charge in [0.2, 0.25) is 0 Å². The summed E-state index contributed by atoms with van der Waals surface area (Å²) in [5.74, 6) is 0.129. The van der Waals surface area contributed by atoms with Crippen LogP contribution in [-0.2, 0) is 4.74 Å². The number of carbonyl (C=O) groups excluding carboxylic acids is 1. The van der Waals surface area contributed by atoms with Crippen LogP contribution in [0.3, 0.4) is 0 Å². The number of rotatable bonds is 4. The van der Waals surface area contributed by atoms with Gasteiger partial charge >= 0.3 is 0 Å². The van der Waals surface area contributed by atoms with E-state index in [2.05, 4.69) is 40.1 Å². The fraction of sp³-hybridized carbons (Fsp3) is 0.542. The van der Waals surface area contributed by atoms with Crippen LogP contribution in [0.5, 0.6) is 0 Å². The van der Waals surface area contributed by atoms with Crippen LogP contribution in [-0.4, -0.2) is 80.3 Å². The summed E-state index contributed by atoms with van der Waals surface area (Å²) in [5, 5.41) is 0. The molecule has 0 spiro atoms. The number of thiophene rings is 1. The molecule has 1 unspecified atom stereocenters. The van der Waals surface area contributed by atoms with Crippen LogP contribution in [0.25, 0.3) is 10.4 Å². The second-order valence-electron chi connectivity index (χ2n) is 9.01. The van der Waals surface area contributed by atoms with E-state index >= 15 is 0 Å². The number of nitrogens with zero attached hydrogens (tertiary/aromatic N) is 3. The third kappa shape index (κ3) is 4.37. The van der Waals surface area contributed by atoms with E-state index in [0.717, 1.165) is 67.7 Å². The molecule has 7 heteroatoms. The Kier molecular flexibility index (Phi) is 6.01. The molecule has 5 rings (SSSR count). The van der Waals surface area contributed by atoms with Crippen LogP contribution in [0.4, 0.5) is 5.69 Å². The van der Waals surface area contributed by atoms with Gasteiger partial charge < -0.3 is 20.3 Å². The highest BCUT2D eigenvalue weighted by Crippen LogP contribution is 2.34. The molecule has 4 heterocycles. The maximum atomic E-state index is 12.9. The molecule has 0 bridgehead atoms. The van der Waals surface area contributed by atoms with Gasteiger partial charge in [-0.15, -0.1) is 11.3 Å². The minimum atomic E-state index is 0.115. The minimum Gasteiger partial charge on any atom is -0.380 e. The van der Waals surface area contributed by atoms with Gasteiger partial charge in [-0.3, -0.25) is 9.69 Å². The predicted molar refractivity (Wildman–Crippen MR) is 126 cm³/mol. The van der Waals surface area contributed by atoms with Crippen molar-refractivity contribution < 1.29 is 9.53 Å². The van der Waals surface area contributed by atoms with Crippen LogP contribution in [0.1, 0.15) is 28.1 Å². The summed E-state index contributed by atoms with van der Waals surface area (Å²) in [6, 6.07) is 11.7. The molecule has 2 N–H and O–H groups in total. The van der Waals surface area contributed by atoms with Gasteiger partial charge in [0.1, 0.15) is 0 Å². The van der Waals surface area contributed by atoms with E-state index in [1.54, 1.807) is 11.3 Å². The maximum Gasteiger partial charge on any atom is 0.264 e. The number of carbonyl (C=O) groups is 1. The van der Waals surface area contributed by atoms with Gasteiger partial charge in [0.25, 0.3) is 5.91 Å². The summed E-state index contributed by atoms with van der Waals surface area (Å²) in [4.78, 5) is 21.9. The lowest BCUT2D eigenvalue weighted by Gasteiger charge is -2.38. The van der Waals surface area contributed by atoms with Crippen molar-refractivity contribution in [3.63, 3.8) is 0 Å². The number of piperazine rings is 1. The topological polar surface area (TPSA) is 62.0 Å². The highest BCUT2D eigenvalue weighted by atomic mass is 32.1. The Hall–Kier alpha value is -1.93. The molecule has 1 aromatic heterocycles. The van der Waals surface area contributed by atoms with Crippen LogP contribution < -0.4 is 10.6 Å². The molecular weight excluding hydrogens is 408 g/mol. The highest BCUT2D eigenvalue weighted by molar-refractivity contribution is 7.17. The number of aryl methyl sites for hydroxylation is 1. The highest BCUT2D eigenvalue weighted by Gasteiger charge is 2.28. The van der Waals surface area contributed by atoms with Gasteiger partial charge in [0.05, 0.1) is 11.5 Å². The van der Waals surface area contributed by atoms with Crippen molar-refractivity contribution in [3.8, 4) is 10.4 Å². The van der Waals surface area contributed by atoms with Crippen molar-refractivity contribution in [2.24, 2.45) is 5.73 Å². The summed E-state index contributed by atoms with van der Waals surface area (Å²) < 4.78 is 5.55. The third-order valence-electron chi connectivity index (χ3n) is 6.88. The fourth-order valence-corrected chi connectivity index (χ4v) is 6.09. The monoisotopic (exact) mass is 440 g/mol. The van der Waals surface area contributed by atoms with Gasteiger partial charge in [0.15, 0.2) is 0 Å². The van der Waals surface area contributed by atoms with Crippen molar-refractivity contribution in [2.45, 2.75) is 31.8 Å². The SMILES string of the molecule is Cc1cc(-c2ccc(N3CCN(C4CCOC4)CC3)cc2)sc1C(=O)N1CC[C@H](N)C1. The van der Waals surface area contributed by atoms with E-state index < -0.39 is 0 Å². The molecule has 6 nitrogen and oxygen atoms in total. The maximum absolute atomic E-state index is 12.9. The molecule has 2 atom stereocenters. The van der Waals surface area contributed by atoms with Crippen molar-refractivity contribution in [2.75, 3.05) is 57.4 Å². The van der Waals surface area contributed by atoms with Gasteiger partial charge in [-0.1, -0.05) is 12.1 Å². The first kappa shape index (κ1) is 20.9. The van der Waals surface area contributed by atoms with Gasteiger partial charge in [-0.25, -0.2) is 0 Å². The van der Waals surface area contributed by atoms with Crippen molar-refractivity contribution in [3.05, 3.63) is 40.8 Å². The molecule has 3 aliphatic rings. The van der Waals surface area contributed by atoms with E-state index in [-0.39, 0.29) is 11.9 Å². The Labute approximate surface area is 188 Å². The molecule has 2 aromatic rings. The number of likely N-dealkylation sites (tertiary alicyclic amines) is 1. The van der Waals surface area contributed by atoms with E-state index in [9.17, 15) is 4.79 Å². The van der Waals surface area contributed by atoms with Crippen LogP contribution in [0.2, 0.25) is 0 Å². The Balaban J connectivity index is 1.24. The summed E-state index contributed by atoms with van der Waals surface area (Å²) >= 11 is 1.60. The summed E-state index contributed by atoms with van der Waals surface area (Å²) in [6.07, 6.45) is 2.07. The minimum absolute atomic E-state index is 0.115. The predicted octanol–water partition coefficient (Wildman–Crippen LogP) is 2.81. The first-order valence-corrected chi connectivity index (χ1v) is 12.2. The zero-order valence-corrected chi connectivity index (χ0v) is 19.1. The van der Waals surface area contributed by atoms with Gasteiger partial charge in [0, 0.05) is 68.5 Å². The first-order valence-electron chi connectivity index (χ1n) is 11.4. The van der Waals surface area contributed by atoms with E-state index in [4.69, 9.17) is 10.5 Å². The molecule has 1 amide bonds. The van der Waals surface area contributed by atoms with Crippen molar-refractivity contribution >= 4 is 22.9 Å². The van der Waals surface area contributed by atoms with Crippen LogP contribution >= 0.6 is 11.3 Å². The molecule has 3 saturated heterocycles. The Bertz CT molecular complexity index is 914. The van der Waals surface area contributed by atoms with Gasteiger partial charge in [-0.2, -0.15) is 0 Å². The number of ether oxygens (including phenoxy) is 1. The van der Waals surface area contributed by atoms with Crippen molar-refractivity contribution in [1.82, 2.24) is 9.80 Å². The van der Waals surface area contributed by atoms with E-state index in [1.165, 1.54) is 17.7 Å². The number of anilines is 1. The first-order chi connectivity index (χ1) is 15.1. The Morgan fingerprint density at radius 3 is 2.52 bits per heavy atom. The van der Waals surface area contributed by atoms with E-state index in [0.29, 0.717) is 12.6 Å². The number of hydrogen-bond acceptors (Lipinski definition) is 6. The second kappa shape index (κ2) is 8.90. The summed E-state index contributed by atoms with van der Waals surface area (Å²) in [7, 11) is 0. The van der Waals surface area contributed by atoms with Crippen LogP contribution in [0.15, 0.2) is 30.3 Å². The zero-order valence-electron chi connectivity index (χ0n) is 18.3. The number of benzene rings is 1. The number of nitrogens with two attached hydrogens (primary N) is 1. The molecule has 3 aliphatic heterocycles. The fourth-order valence-electron chi connectivity index (χ4n) is 4.94. The zero-order chi connectivity index (χ0) is 21.4. The van der Waals surface area contributed by atoms with Crippen molar-refractivity contribution in [1.29, 1.82) is 0 Å². The van der Waals surface area contributed by atoms with Crippen LogP contribution in [0, 0.1) is 6.92 Å². The van der Waals surface area contributed by atoms with Gasteiger partial charge in [-0.05, 0) is 49.1 Å². The summed E-state index contributed by atoms with van der Waals surface area (Å²) in [5.41, 5.74) is 9.50. The molecule has 0 saturated carbocycles. The molecule has 1 aromatic carbocycles. The lowest BCUT2D eigenvalue weighted by atomic mass is 10.1. The molecule has 3 fully saturated rings. The standard InChI is InChI=1S/C24H32N4O2S/c1-17-14-22(31-23(17)24(29)28-8-6-19(25)15-28)18-2-4-20(5-3-18)26-9-11-27(12-10-26)21-7-13-30-16-21/h2-5,14,19,21H,6-13,15-16,25H2,1H3/t19-,21?/m0/s1. The molecule has 166 valence electrons. The second-order valence-corrected chi connectivity index (χ2v) is 10.1. The average molecular weight is 441 g/mol. The largest absolute Gasteiger partial charge is 0.380 e. The van der Waals surface area contributed by atoms with E-state index in [1.807, 2.05) is 11.8 Å². The lowest BCUT2D eigenvalue weighted by Crippen LogP contribution is -2.50. The normalized spacial score (nSPS) is 24.8. The Morgan fingerprint density at radius 2 is 1.87 bits per heavy atom. The molecule has 31 heavy (non-hydrogen) atoms. The third-order valence-corrected chi connectivity index (χ3v) is 8.15.